The Kier molecular flexibility index (Phi) is 6.82. The third kappa shape index (κ3) is 5.81. The fourth-order valence-electron chi connectivity index (χ4n) is 2.67. The number of hydrogen-bond acceptors (Lipinski definition) is 3. The van der Waals surface area contributed by atoms with Gasteiger partial charge in [-0.2, -0.15) is 0 Å². The van der Waals surface area contributed by atoms with Crippen LogP contribution in [0.3, 0.4) is 0 Å². The van der Waals surface area contributed by atoms with E-state index in [4.69, 9.17) is 5.73 Å². The van der Waals surface area contributed by atoms with Gasteiger partial charge in [0.15, 0.2) is 0 Å². The van der Waals surface area contributed by atoms with Gasteiger partial charge in [0.1, 0.15) is 0 Å². The molecule has 1 unspecified atom stereocenters. The summed E-state index contributed by atoms with van der Waals surface area (Å²) in [5, 5.41) is 0. The van der Waals surface area contributed by atoms with E-state index in [2.05, 4.69) is 25.7 Å². The lowest BCUT2D eigenvalue weighted by Gasteiger charge is -2.32. The second kappa shape index (κ2) is 7.61. The van der Waals surface area contributed by atoms with Gasteiger partial charge in [0.2, 0.25) is 0 Å². The first-order valence-corrected chi connectivity index (χ1v) is 8.69. The second-order valence-corrected chi connectivity index (χ2v) is 8.17. The van der Waals surface area contributed by atoms with E-state index in [0.29, 0.717) is 5.41 Å². The Morgan fingerprint density at radius 1 is 1.22 bits per heavy atom. The van der Waals surface area contributed by atoms with E-state index < -0.39 is 10.8 Å². The Bertz CT molecular complexity index is 253. The zero-order valence-corrected chi connectivity index (χ0v) is 13.1. The maximum Gasteiger partial charge on any atom is 0.0363 e. The van der Waals surface area contributed by atoms with Gasteiger partial charge in [-0.1, -0.05) is 20.8 Å². The van der Waals surface area contributed by atoms with Gasteiger partial charge in [0.25, 0.3) is 0 Å². The van der Waals surface area contributed by atoms with Crippen LogP contribution in [0.4, 0.5) is 0 Å². The van der Waals surface area contributed by atoms with Crippen LogP contribution < -0.4 is 5.73 Å². The predicted octanol–water partition coefficient (Wildman–Crippen LogP) is 1.84. The Hall–Kier alpha value is 0.0700. The number of nitrogens with two attached hydrogens (primary N) is 1. The van der Waals surface area contributed by atoms with E-state index in [1.807, 2.05) is 0 Å². The molecule has 0 aromatic heterocycles. The molecule has 0 amide bonds. The van der Waals surface area contributed by atoms with E-state index in [0.717, 1.165) is 50.0 Å². The fourth-order valence-corrected chi connectivity index (χ4v) is 3.80. The molecule has 1 atom stereocenters. The number of nitrogens with zero attached hydrogens (tertiary/aromatic N) is 1. The highest BCUT2D eigenvalue weighted by atomic mass is 32.2. The molecular formula is C14H30N2OS. The van der Waals surface area contributed by atoms with Crippen molar-refractivity contribution < 1.29 is 4.21 Å². The molecule has 1 rings (SSSR count). The Labute approximate surface area is 115 Å². The molecule has 2 N–H and O–H groups in total. The lowest BCUT2D eigenvalue weighted by molar-refractivity contribution is 0.196. The van der Waals surface area contributed by atoms with Gasteiger partial charge in [-0.15, -0.1) is 0 Å². The lowest BCUT2D eigenvalue weighted by atomic mass is 9.76. The summed E-state index contributed by atoms with van der Waals surface area (Å²) in [7, 11) is -0.551. The Morgan fingerprint density at radius 2 is 1.83 bits per heavy atom. The number of rotatable bonds is 6. The van der Waals surface area contributed by atoms with Crippen molar-refractivity contribution in [3.63, 3.8) is 0 Å². The van der Waals surface area contributed by atoms with Crippen LogP contribution >= 0.6 is 0 Å². The summed E-state index contributed by atoms with van der Waals surface area (Å²) < 4.78 is 11.3. The molecular weight excluding hydrogens is 244 g/mol. The first kappa shape index (κ1) is 16.1. The summed E-state index contributed by atoms with van der Waals surface area (Å²) in [6, 6.07) is 0. The molecule has 1 fully saturated rings. The standard InChI is InChI=1S/C14H30N2OS/c1-14(2,3)13(6-7-15)5-4-8-16-9-11-18(17)12-10-16/h13H,4-12,15H2,1-3H3. The zero-order chi connectivity index (χ0) is 13.6. The quantitative estimate of drug-likeness (QED) is 0.804. The molecule has 0 radical (unpaired) electrons. The third-order valence-corrected chi connectivity index (χ3v) is 5.31. The topological polar surface area (TPSA) is 46.3 Å². The monoisotopic (exact) mass is 274 g/mol. The summed E-state index contributed by atoms with van der Waals surface area (Å²) in [6.07, 6.45) is 3.64. The van der Waals surface area contributed by atoms with Crippen LogP contribution in [0.5, 0.6) is 0 Å². The molecule has 1 heterocycles. The van der Waals surface area contributed by atoms with E-state index in [1.165, 1.54) is 12.8 Å². The molecule has 1 saturated heterocycles. The molecule has 0 bridgehead atoms. The van der Waals surface area contributed by atoms with Crippen molar-refractivity contribution in [2.24, 2.45) is 17.1 Å². The third-order valence-electron chi connectivity index (χ3n) is 4.04. The highest BCUT2D eigenvalue weighted by Crippen LogP contribution is 2.32. The van der Waals surface area contributed by atoms with Crippen LogP contribution in [0, 0.1) is 11.3 Å². The summed E-state index contributed by atoms with van der Waals surface area (Å²) in [5.74, 6) is 2.46. The minimum atomic E-state index is -0.551. The average Bonchev–Trinajstić information content (AvgIpc) is 2.29. The Morgan fingerprint density at radius 3 is 2.33 bits per heavy atom. The molecule has 1 aliphatic heterocycles. The van der Waals surface area contributed by atoms with Crippen LogP contribution in [0.15, 0.2) is 0 Å². The first-order valence-electron chi connectivity index (χ1n) is 7.21. The second-order valence-electron chi connectivity index (χ2n) is 6.47. The van der Waals surface area contributed by atoms with Crippen molar-refractivity contribution in [2.75, 3.05) is 37.7 Å². The zero-order valence-electron chi connectivity index (χ0n) is 12.3. The molecule has 0 aliphatic carbocycles. The summed E-state index contributed by atoms with van der Waals surface area (Å²) in [6.45, 7) is 10.9. The minimum absolute atomic E-state index is 0.364. The first-order chi connectivity index (χ1) is 8.43. The van der Waals surface area contributed by atoms with Gasteiger partial charge >= 0.3 is 0 Å². The van der Waals surface area contributed by atoms with Gasteiger partial charge in [0, 0.05) is 35.4 Å². The molecule has 0 saturated carbocycles. The predicted molar refractivity (Wildman–Crippen MR) is 80.2 cm³/mol. The molecule has 1 aliphatic rings. The highest BCUT2D eigenvalue weighted by Gasteiger charge is 2.23. The van der Waals surface area contributed by atoms with Crippen molar-refractivity contribution >= 4 is 10.8 Å². The maximum absolute atomic E-state index is 11.3. The van der Waals surface area contributed by atoms with Gasteiger partial charge < -0.3 is 10.6 Å². The van der Waals surface area contributed by atoms with Crippen LogP contribution in [0.25, 0.3) is 0 Å². The maximum atomic E-state index is 11.3. The number of hydrogen-bond donors (Lipinski definition) is 1. The molecule has 108 valence electrons. The van der Waals surface area contributed by atoms with Crippen LogP contribution in [0.2, 0.25) is 0 Å². The SMILES string of the molecule is CC(C)(C)C(CCN)CCCN1CCS(=O)CC1. The van der Waals surface area contributed by atoms with Crippen molar-refractivity contribution in [1.82, 2.24) is 4.90 Å². The van der Waals surface area contributed by atoms with Crippen molar-refractivity contribution in [1.29, 1.82) is 0 Å². The highest BCUT2D eigenvalue weighted by molar-refractivity contribution is 7.85. The summed E-state index contributed by atoms with van der Waals surface area (Å²) in [4.78, 5) is 2.46. The van der Waals surface area contributed by atoms with Gasteiger partial charge in [-0.3, -0.25) is 4.21 Å². The van der Waals surface area contributed by atoms with Crippen LogP contribution in [-0.4, -0.2) is 46.8 Å². The molecule has 0 aromatic carbocycles. The van der Waals surface area contributed by atoms with Crippen molar-refractivity contribution in [3.05, 3.63) is 0 Å². The summed E-state index contributed by atoms with van der Waals surface area (Å²) in [5.41, 5.74) is 6.08. The van der Waals surface area contributed by atoms with Gasteiger partial charge in [-0.25, -0.2) is 0 Å². The average molecular weight is 274 g/mol. The lowest BCUT2D eigenvalue weighted by Crippen LogP contribution is -2.38. The van der Waals surface area contributed by atoms with Crippen molar-refractivity contribution in [3.8, 4) is 0 Å². The molecule has 18 heavy (non-hydrogen) atoms. The van der Waals surface area contributed by atoms with E-state index in [-0.39, 0.29) is 0 Å². The smallest absolute Gasteiger partial charge is 0.0363 e. The molecule has 3 nitrogen and oxygen atoms in total. The van der Waals surface area contributed by atoms with E-state index in [9.17, 15) is 4.21 Å². The van der Waals surface area contributed by atoms with Crippen LogP contribution in [-0.2, 0) is 10.8 Å². The fraction of sp³-hybridized carbons (Fsp3) is 1.00. The normalized spacial score (nSPS) is 21.1. The molecule has 4 heteroatoms. The van der Waals surface area contributed by atoms with Gasteiger partial charge in [-0.05, 0) is 43.7 Å². The minimum Gasteiger partial charge on any atom is -0.330 e. The summed E-state index contributed by atoms with van der Waals surface area (Å²) >= 11 is 0. The molecule has 0 aromatic rings. The van der Waals surface area contributed by atoms with E-state index in [1.54, 1.807) is 0 Å². The van der Waals surface area contributed by atoms with E-state index >= 15 is 0 Å². The Balaban J connectivity index is 2.24. The van der Waals surface area contributed by atoms with Crippen LogP contribution in [0.1, 0.15) is 40.0 Å². The largest absolute Gasteiger partial charge is 0.330 e. The van der Waals surface area contributed by atoms with Gasteiger partial charge in [0.05, 0.1) is 0 Å². The molecule has 0 spiro atoms. The van der Waals surface area contributed by atoms with Crippen molar-refractivity contribution in [2.45, 2.75) is 40.0 Å².